The lowest BCUT2D eigenvalue weighted by molar-refractivity contribution is -0.117. The van der Waals surface area contributed by atoms with Crippen molar-refractivity contribution in [2.45, 2.75) is 39.4 Å². The zero-order valence-corrected chi connectivity index (χ0v) is 12.7. The zero-order valence-electron chi connectivity index (χ0n) is 12.7. The predicted molar refractivity (Wildman–Crippen MR) is 76.0 cm³/mol. The molecular formula is C15H19F2NO4. The number of rotatable bonds is 6. The molecule has 0 heterocycles. The Kier molecular flexibility index (Phi) is 6.27. The second kappa shape index (κ2) is 7.72. The molecule has 0 aromatic heterocycles. The third-order valence-corrected chi connectivity index (χ3v) is 2.38. The maximum atomic E-state index is 12.0. The average molecular weight is 315 g/mol. The second-order valence-electron chi connectivity index (χ2n) is 5.59. The van der Waals surface area contributed by atoms with Crippen LogP contribution in [-0.2, 0) is 16.0 Å². The molecule has 0 saturated carbocycles. The van der Waals surface area contributed by atoms with Crippen molar-refractivity contribution in [2.24, 2.45) is 0 Å². The molecule has 1 N–H and O–H groups in total. The molecule has 0 radical (unpaired) electrons. The number of ketones is 1. The largest absolute Gasteiger partial charge is 0.444 e. The van der Waals surface area contributed by atoms with Crippen molar-refractivity contribution in [1.29, 1.82) is 0 Å². The van der Waals surface area contributed by atoms with Gasteiger partial charge in [0.15, 0.2) is 5.78 Å². The lowest BCUT2D eigenvalue weighted by Gasteiger charge is -2.19. The summed E-state index contributed by atoms with van der Waals surface area (Å²) in [7, 11) is 0. The Hall–Kier alpha value is -2.18. The Morgan fingerprint density at radius 2 is 1.77 bits per heavy atom. The summed E-state index contributed by atoms with van der Waals surface area (Å²) in [4.78, 5) is 23.1. The number of alkyl halides is 2. The van der Waals surface area contributed by atoms with Gasteiger partial charge in [0.1, 0.15) is 11.4 Å². The molecule has 0 saturated heterocycles. The van der Waals surface area contributed by atoms with E-state index in [0.717, 1.165) is 0 Å². The van der Waals surface area contributed by atoms with Crippen LogP contribution in [0.4, 0.5) is 13.6 Å². The third kappa shape index (κ3) is 7.56. The van der Waals surface area contributed by atoms with Crippen LogP contribution in [0.1, 0.15) is 26.3 Å². The predicted octanol–water partition coefficient (Wildman–Crippen LogP) is 2.92. The Labute approximate surface area is 127 Å². The van der Waals surface area contributed by atoms with Gasteiger partial charge in [-0.25, -0.2) is 4.79 Å². The number of alkyl carbamates (subject to hydrolysis) is 1. The number of hydrogen-bond donors (Lipinski definition) is 1. The van der Waals surface area contributed by atoms with E-state index in [2.05, 4.69) is 10.1 Å². The van der Waals surface area contributed by atoms with Gasteiger partial charge >= 0.3 is 12.7 Å². The summed E-state index contributed by atoms with van der Waals surface area (Å²) in [6.45, 7) is 2.11. The molecule has 0 aliphatic rings. The third-order valence-electron chi connectivity index (χ3n) is 2.38. The summed E-state index contributed by atoms with van der Waals surface area (Å²) < 4.78 is 33.2. The summed E-state index contributed by atoms with van der Waals surface area (Å²) in [5.74, 6) is -0.202. The van der Waals surface area contributed by atoms with Crippen molar-refractivity contribution in [2.75, 3.05) is 6.54 Å². The number of carbonyl (C=O) groups excluding carboxylic acids is 2. The molecule has 0 spiro atoms. The zero-order chi connectivity index (χ0) is 16.8. The second-order valence-corrected chi connectivity index (χ2v) is 5.59. The van der Waals surface area contributed by atoms with Gasteiger partial charge in [-0.2, -0.15) is 8.78 Å². The van der Waals surface area contributed by atoms with E-state index in [4.69, 9.17) is 4.74 Å². The van der Waals surface area contributed by atoms with Crippen molar-refractivity contribution < 1.29 is 27.8 Å². The lowest BCUT2D eigenvalue weighted by atomic mass is 10.1. The molecule has 1 amide bonds. The van der Waals surface area contributed by atoms with Gasteiger partial charge in [0.2, 0.25) is 0 Å². The van der Waals surface area contributed by atoms with Crippen LogP contribution in [0.3, 0.4) is 0 Å². The highest BCUT2D eigenvalue weighted by Gasteiger charge is 2.16. The number of benzene rings is 1. The average Bonchev–Trinajstić information content (AvgIpc) is 2.36. The van der Waals surface area contributed by atoms with Gasteiger partial charge in [-0.05, 0) is 38.5 Å². The first kappa shape index (κ1) is 17.9. The summed E-state index contributed by atoms with van der Waals surface area (Å²) in [6, 6.07) is 5.75. The fourth-order valence-electron chi connectivity index (χ4n) is 1.56. The van der Waals surface area contributed by atoms with Crippen molar-refractivity contribution in [3.8, 4) is 5.75 Å². The van der Waals surface area contributed by atoms with Crippen LogP contribution in [0, 0.1) is 0 Å². The maximum Gasteiger partial charge on any atom is 0.408 e. The highest BCUT2D eigenvalue weighted by atomic mass is 19.3. The summed E-state index contributed by atoms with van der Waals surface area (Å²) in [6.07, 6.45) is -0.591. The number of carbonyl (C=O) groups is 2. The number of nitrogens with one attached hydrogen (secondary N) is 1. The van der Waals surface area contributed by atoms with E-state index >= 15 is 0 Å². The molecule has 1 rings (SSSR count). The quantitative estimate of drug-likeness (QED) is 0.876. The van der Waals surface area contributed by atoms with E-state index in [1.54, 1.807) is 20.8 Å². The molecule has 7 heteroatoms. The minimum absolute atomic E-state index is 0.0260. The maximum absolute atomic E-state index is 12.0. The lowest BCUT2D eigenvalue weighted by Crippen LogP contribution is -2.35. The number of amides is 1. The fourth-order valence-corrected chi connectivity index (χ4v) is 1.56. The van der Waals surface area contributed by atoms with Crippen LogP contribution in [0.5, 0.6) is 5.75 Å². The summed E-state index contributed by atoms with van der Waals surface area (Å²) in [5, 5.41) is 2.36. The van der Waals surface area contributed by atoms with Crippen molar-refractivity contribution in [3.05, 3.63) is 29.8 Å². The molecule has 0 aliphatic heterocycles. The Morgan fingerprint density at radius 1 is 1.18 bits per heavy atom. The Bertz CT molecular complexity index is 509. The van der Waals surface area contributed by atoms with E-state index in [0.29, 0.717) is 5.56 Å². The molecule has 0 atom stereocenters. The normalized spacial score (nSPS) is 11.2. The van der Waals surface area contributed by atoms with Crippen LogP contribution >= 0.6 is 0 Å². The number of hydrogen-bond acceptors (Lipinski definition) is 4. The molecule has 1 aromatic carbocycles. The number of ether oxygens (including phenoxy) is 2. The molecule has 0 unspecified atom stereocenters. The van der Waals surface area contributed by atoms with E-state index in [1.807, 2.05) is 0 Å². The van der Waals surface area contributed by atoms with Gasteiger partial charge < -0.3 is 14.8 Å². The van der Waals surface area contributed by atoms with Crippen molar-refractivity contribution in [1.82, 2.24) is 5.32 Å². The molecular weight excluding hydrogens is 296 g/mol. The Balaban J connectivity index is 2.40. The molecule has 0 bridgehead atoms. The molecule has 0 fully saturated rings. The van der Waals surface area contributed by atoms with Gasteiger partial charge in [-0.15, -0.1) is 0 Å². The molecule has 22 heavy (non-hydrogen) atoms. The molecule has 1 aromatic rings. The van der Waals surface area contributed by atoms with Crippen LogP contribution in [-0.4, -0.2) is 30.6 Å². The molecule has 5 nitrogen and oxygen atoms in total. The van der Waals surface area contributed by atoms with Crippen LogP contribution in [0.15, 0.2) is 24.3 Å². The highest BCUT2D eigenvalue weighted by molar-refractivity contribution is 5.85. The number of halogens is 2. The Morgan fingerprint density at radius 3 is 2.27 bits per heavy atom. The van der Waals surface area contributed by atoms with E-state index in [1.165, 1.54) is 24.3 Å². The van der Waals surface area contributed by atoms with E-state index in [9.17, 15) is 18.4 Å². The first-order valence-corrected chi connectivity index (χ1v) is 6.68. The minimum atomic E-state index is -2.88. The van der Waals surface area contributed by atoms with Gasteiger partial charge in [-0.1, -0.05) is 12.1 Å². The summed E-state index contributed by atoms with van der Waals surface area (Å²) in [5.41, 5.74) is 0.00538. The highest BCUT2D eigenvalue weighted by Crippen LogP contribution is 2.15. The van der Waals surface area contributed by atoms with Crippen LogP contribution in [0.25, 0.3) is 0 Å². The minimum Gasteiger partial charge on any atom is -0.444 e. The van der Waals surface area contributed by atoms with Crippen LogP contribution < -0.4 is 10.1 Å². The van der Waals surface area contributed by atoms with Crippen molar-refractivity contribution >= 4 is 11.9 Å². The fraction of sp³-hybridized carbons (Fsp3) is 0.467. The first-order chi connectivity index (χ1) is 10.2. The van der Waals surface area contributed by atoms with Gasteiger partial charge in [0.25, 0.3) is 0 Å². The monoisotopic (exact) mass is 315 g/mol. The standard InChI is InChI=1S/C15H19F2NO4/c1-15(2,3)22-14(20)18-9-11(19)8-10-4-6-12(7-5-10)21-13(16)17/h4-7,13H,8-9H2,1-3H3,(H,18,20). The van der Waals surface area contributed by atoms with E-state index < -0.39 is 18.3 Å². The molecule has 0 aliphatic carbocycles. The van der Waals surface area contributed by atoms with Crippen LogP contribution in [0.2, 0.25) is 0 Å². The van der Waals surface area contributed by atoms with Gasteiger partial charge in [0.05, 0.1) is 6.54 Å². The number of Topliss-reactive ketones (excluding diaryl/α,β-unsaturated/α-hetero) is 1. The van der Waals surface area contributed by atoms with Crippen molar-refractivity contribution in [3.63, 3.8) is 0 Å². The smallest absolute Gasteiger partial charge is 0.408 e. The van der Waals surface area contributed by atoms with Gasteiger partial charge in [-0.3, -0.25) is 4.79 Å². The first-order valence-electron chi connectivity index (χ1n) is 6.68. The SMILES string of the molecule is CC(C)(C)OC(=O)NCC(=O)Cc1ccc(OC(F)F)cc1. The topological polar surface area (TPSA) is 64.6 Å². The van der Waals surface area contributed by atoms with Gasteiger partial charge in [0, 0.05) is 6.42 Å². The van der Waals surface area contributed by atoms with E-state index in [-0.39, 0.29) is 24.5 Å². The summed E-state index contributed by atoms with van der Waals surface area (Å²) >= 11 is 0. The molecule has 122 valence electrons.